The Morgan fingerprint density at radius 1 is 0.800 bits per heavy atom. The van der Waals surface area contributed by atoms with Crippen LogP contribution < -0.4 is 9.62 Å². The minimum absolute atomic E-state index is 0.0131. The Bertz CT molecular complexity index is 1710. The Labute approximate surface area is 279 Å². The Hall–Kier alpha value is -3.56. The zero-order valence-electron chi connectivity index (χ0n) is 24.9. The van der Waals surface area contributed by atoms with Crippen LogP contribution in [-0.2, 0) is 32.6 Å². The summed E-state index contributed by atoms with van der Waals surface area (Å²) in [6.45, 7) is 3.23. The number of nitrogens with one attached hydrogen (secondary N) is 1. The summed E-state index contributed by atoms with van der Waals surface area (Å²) in [5.41, 5.74) is 1.70. The minimum atomic E-state index is -4.20. The molecular weight excluding hydrogens is 653 g/mol. The van der Waals surface area contributed by atoms with Crippen LogP contribution in [0.1, 0.15) is 31.4 Å². The van der Waals surface area contributed by atoms with E-state index in [4.69, 9.17) is 34.8 Å². The molecule has 0 aliphatic heterocycles. The number of anilines is 1. The van der Waals surface area contributed by atoms with E-state index in [1.807, 2.05) is 44.2 Å². The van der Waals surface area contributed by atoms with Gasteiger partial charge in [-0.1, -0.05) is 96.3 Å². The maximum absolute atomic E-state index is 14.5. The molecule has 0 saturated heterocycles. The topological polar surface area (TPSA) is 86.8 Å². The number of sulfonamides is 1. The average Bonchev–Trinajstić information content (AvgIpc) is 3.04. The van der Waals surface area contributed by atoms with E-state index in [1.54, 1.807) is 48.5 Å². The lowest BCUT2D eigenvalue weighted by Crippen LogP contribution is -2.54. The first-order valence-electron chi connectivity index (χ1n) is 14.4. The molecule has 0 spiro atoms. The van der Waals surface area contributed by atoms with Crippen molar-refractivity contribution in [3.05, 3.63) is 129 Å². The molecular formula is C34H34Cl3N3O4S. The van der Waals surface area contributed by atoms with Crippen LogP contribution in [0.2, 0.25) is 15.1 Å². The highest BCUT2D eigenvalue weighted by Gasteiger charge is 2.35. The lowest BCUT2D eigenvalue weighted by molar-refractivity contribution is -0.140. The number of hydrogen-bond acceptors (Lipinski definition) is 4. The van der Waals surface area contributed by atoms with Gasteiger partial charge in [-0.15, -0.1) is 0 Å². The zero-order valence-corrected chi connectivity index (χ0v) is 28.0. The van der Waals surface area contributed by atoms with Crippen molar-refractivity contribution in [1.29, 1.82) is 0 Å². The number of hydrogen-bond donors (Lipinski definition) is 1. The third-order valence-electron chi connectivity index (χ3n) is 7.33. The molecule has 236 valence electrons. The van der Waals surface area contributed by atoms with Crippen LogP contribution in [-0.4, -0.2) is 43.8 Å². The van der Waals surface area contributed by atoms with Crippen molar-refractivity contribution in [3.63, 3.8) is 0 Å². The molecule has 2 amide bonds. The summed E-state index contributed by atoms with van der Waals surface area (Å²) in [4.78, 5) is 29.8. The molecule has 0 aromatic heterocycles. The van der Waals surface area contributed by atoms with Gasteiger partial charge in [0.15, 0.2) is 0 Å². The Morgan fingerprint density at radius 2 is 1.42 bits per heavy atom. The van der Waals surface area contributed by atoms with Gasteiger partial charge in [-0.05, 0) is 73.0 Å². The van der Waals surface area contributed by atoms with Gasteiger partial charge in [-0.25, -0.2) is 8.42 Å². The highest BCUT2D eigenvalue weighted by Crippen LogP contribution is 2.28. The molecule has 11 heteroatoms. The Kier molecular flexibility index (Phi) is 11.9. The lowest BCUT2D eigenvalue weighted by Gasteiger charge is -2.34. The SMILES string of the molecule is CC[C@H](C)NC(=O)[C@H](Cc1ccccc1)N(Cc1ccc(Cl)c(Cl)c1)C(=O)CN(c1ccc(Cl)cc1)S(=O)(=O)c1ccccc1. The average molecular weight is 687 g/mol. The second-order valence-corrected chi connectivity index (χ2v) is 13.7. The summed E-state index contributed by atoms with van der Waals surface area (Å²) >= 11 is 18.6. The molecule has 4 rings (SSSR count). The smallest absolute Gasteiger partial charge is 0.264 e. The summed E-state index contributed by atoms with van der Waals surface area (Å²) in [5.74, 6) is -0.943. The molecule has 0 heterocycles. The summed E-state index contributed by atoms with van der Waals surface area (Å²) in [6, 6.07) is 27.2. The number of carbonyl (C=O) groups is 2. The van der Waals surface area contributed by atoms with E-state index in [-0.39, 0.29) is 35.5 Å². The molecule has 0 aliphatic carbocycles. The van der Waals surface area contributed by atoms with E-state index in [0.29, 0.717) is 27.1 Å². The molecule has 4 aromatic carbocycles. The van der Waals surface area contributed by atoms with Crippen molar-refractivity contribution in [2.24, 2.45) is 0 Å². The second kappa shape index (κ2) is 15.6. The first-order valence-corrected chi connectivity index (χ1v) is 17.0. The molecule has 0 bridgehead atoms. The molecule has 7 nitrogen and oxygen atoms in total. The van der Waals surface area contributed by atoms with E-state index in [9.17, 15) is 18.0 Å². The first kappa shape index (κ1) is 34.3. The number of nitrogens with zero attached hydrogens (tertiary/aromatic N) is 2. The maximum Gasteiger partial charge on any atom is 0.264 e. The molecule has 0 unspecified atom stereocenters. The normalized spacial score (nSPS) is 12.6. The van der Waals surface area contributed by atoms with Crippen LogP contribution in [0.25, 0.3) is 0 Å². The van der Waals surface area contributed by atoms with Crippen molar-refractivity contribution in [2.75, 3.05) is 10.8 Å². The van der Waals surface area contributed by atoms with Gasteiger partial charge < -0.3 is 10.2 Å². The van der Waals surface area contributed by atoms with Gasteiger partial charge in [0.2, 0.25) is 11.8 Å². The highest BCUT2D eigenvalue weighted by molar-refractivity contribution is 7.92. The van der Waals surface area contributed by atoms with Gasteiger partial charge in [0.1, 0.15) is 12.6 Å². The van der Waals surface area contributed by atoms with E-state index >= 15 is 0 Å². The monoisotopic (exact) mass is 685 g/mol. The van der Waals surface area contributed by atoms with Crippen molar-refractivity contribution in [2.45, 2.75) is 50.2 Å². The third kappa shape index (κ3) is 9.01. The highest BCUT2D eigenvalue weighted by atomic mass is 35.5. The fraction of sp³-hybridized carbons (Fsp3) is 0.235. The molecule has 2 atom stereocenters. The second-order valence-electron chi connectivity index (χ2n) is 10.6. The summed E-state index contributed by atoms with van der Waals surface area (Å²) in [7, 11) is -4.20. The van der Waals surface area contributed by atoms with Gasteiger partial charge in [0.05, 0.1) is 20.6 Å². The standard InChI is InChI=1S/C34H34Cl3N3O4S/c1-3-24(2)38-34(42)32(21-25-10-6-4-7-11-25)39(22-26-14-19-30(36)31(37)20-26)33(41)23-40(28-17-15-27(35)16-18-28)45(43,44)29-12-8-5-9-13-29/h4-20,24,32H,3,21-23H2,1-2H3,(H,38,42)/t24-,32-/m0/s1. The van der Waals surface area contributed by atoms with E-state index < -0.39 is 28.5 Å². The zero-order chi connectivity index (χ0) is 32.6. The van der Waals surface area contributed by atoms with E-state index in [1.165, 1.54) is 29.2 Å². The number of rotatable bonds is 13. The molecule has 45 heavy (non-hydrogen) atoms. The fourth-order valence-corrected chi connectivity index (χ4v) is 6.57. The van der Waals surface area contributed by atoms with Crippen LogP contribution in [0.3, 0.4) is 0 Å². The van der Waals surface area contributed by atoms with Crippen molar-refractivity contribution in [1.82, 2.24) is 10.2 Å². The molecule has 4 aromatic rings. The molecule has 1 N–H and O–H groups in total. The molecule has 0 fully saturated rings. The Balaban J connectivity index is 1.81. The number of amides is 2. The molecule has 0 radical (unpaired) electrons. The van der Waals surface area contributed by atoms with Crippen molar-refractivity contribution >= 4 is 62.3 Å². The predicted molar refractivity (Wildman–Crippen MR) is 181 cm³/mol. The van der Waals surface area contributed by atoms with E-state index in [0.717, 1.165) is 9.87 Å². The largest absolute Gasteiger partial charge is 0.352 e. The summed E-state index contributed by atoms with van der Waals surface area (Å²) in [5, 5.41) is 4.06. The predicted octanol–water partition coefficient (Wildman–Crippen LogP) is 7.40. The fourth-order valence-electron chi connectivity index (χ4n) is 4.69. The number of benzene rings is 4. The third-order valence-corrected chi connectivity index (χ3v) is 10.1. The van der Waals surface area contributed by atoms with Crippen LogP contribution in [0.5, 0.6) is 0 Å². The van der Waals surface area contributed by atoms with Gasteiger partial charge >= 0.3 is 0 Å². The van der Waals surface area contributed by atoms with Gasteiger partial charge in [-0.2, -0.15) is 0 Å². The summed E-state index contributed by atoms with van der Waals surface area (Å²) in [6.07, 6.45) is 0.882. The Morgan fingerprint density at radius 3 is 2.02 bits per heavy atom. The lowest BCUT2D eigenvalue weighted by atomic mass is 10.0. The minimum Gasteiger partial charge on any atom is -0.352 e. The van der Waals surface area contributed by atoms with E-state index in [2.05, 4.69) is 5.32 Å². The van der Waals surface area contributed by atoms with Crippen LogP contribution in [0, 0.1) is 0 Å². The summed E-state index contributed by atoms with van der Waals surface area (Å²) < 4.78 is 29.0. The number of halogens is 3. The number of carbonyl (C=O) groups excluding carboxylic acids is 2. The first-order chi connectivity index (χ1) is 21.5. The van der Waals surface area contributed by atoms with Crippen LogP contribution in [0.4, 0.5) is 5.69 Å². The van der Waals surface area contributed by atoms with Crippen molar-refractivity contribution in [3.8, 4) is 0 Å². The van der Waals surface area contributed by atoms with Gasteiger partial charge in [0, 0.05) is 24.0 Å². The molecule has 0 aliphatic rings. The van der Waals surface area contributed by atoms with Gasteiger partial charge in [0.25, 0.3) is 10.0 Å². The maximum atomic E-state index is 14.5. The molecule has 0 saturated carbocycles. The van der Waals surface area contributed by atoms with Crippen LogP contribution in [0.15, 0.2) is 108 Å². The van der Waals surface area contributed by atoms with Crippen molar-refractivity contribution < 1.29 is 18.0 Å². The van der Waals surface area contributed by atoms with Gasteiger partial charge in [-0.3, -0.25) is 13.9 Å². The quantitative estimate of drug-likeness (QED) is 0.159. The van der Waals surface area contributed by atoms with Crippen LogP contribution >= 0.6 is 34.8 Å².